The number of aryl methyl sites for hydroxylation is 1. The summed E-state index contributed by atoms with van der Waals surface area (Å²) in [6.45, 7) is 3.45. The molecule has 0 aromatic heterocycles. The third-order valence-corrected chi connectivity index (χ3v) is 1.98. The average Bonchev–Trinajstić information content (AvgIpc) is 2.08. The molecule has 0 radical (unpaired) electrons. The van der Waals surface area contributed by atoms with Crippen molar-refractivity contribution in [1.82, 2.24) is 0 Å². The van der Waals surface area contributed by atoms with Gasteiger partial charge in [0.1, 0.15) is 5.75 Å². The molecule has 0 saturated heterocycles. The van der Waals surface area contributed by atoms with Crippen LogP contribution >= 0.6 is 11.6 Å². The number of hydrogen-bond acceptors (Lipinski definition) is 2. The maximum Gasteiger partial charge on any atom is 0.184 e. The van der Waals surface area contributed by atoms with Crippen molar-refractivity contribution in [1.29, 1.82) is 0 Å². The van der Waals surface area contributed by atoms with Gasteiger partial charge in [0.15, 0.2) is 5.78 Å². The smallest absolute Gasteiger partial charge is 0.184 e. The van der Waals surface area contributed by atoms with E-state index in [1.54, 1.807) is 19.1 Å². The van der Waals surface area contributed by atoms with Gasteiger partial charge in [0, 0.05) is 0 Å². The Kier molecular flexibility index (Phi) is 2.94. The molecule has 0 aliphatic rings. The van der Waals surface area contributed by atoms with Crippen molar-refractivity contribution < 1.29 is 9.90 Å². The van der Waals surface area contributed by atoms with Crippen molar-refractivity contribution in [3.8, 4) is 5.75 Å². The summed E-state index contributed by atoms with van der Waals surface area (Å²) in [7, 11) is 0. The molecule has 1 N–H and O–H groups in total. The first kappa shape index (κ1) is 10.1. The summed E-state index contributed by atoms with van der Waals surface area (Å²) in [4.78, 5) is 11.4. The van der Waals surface area contributed by atoms with Crippen LogP contribution in [0.3, 0.4) is 0 Å². The molecule has 1 rings (SSSR count). The van der Waals surface area contributed by atoms with Crippen LogP contribution in [0, 0.1) is 6.92 Å². The molecule has 70 valence electrons. The van der Waals surface area contributed by atoms with Crippen LogP contribution in [0.5, 0.6) is 5.75 Å². The summed E-state index contributed by atoms with van der Waals surface area (Å²) in [5.41, 5.74) is 1.22. The van der Waals surface area contributed by atoms with Crippen molar-refractivity contribution in [2.24, 2.45) is 0 Å². The van der Waals surface area contributed by atoms with Gasteiger partial charge in [-0.3, -0.25) is 4.79 Å². The predicted molar refractivity (Wildman–Crippen MR) is 52.5 cm³/mol. The van der Waals surface area contributed by atoms with Crippen molar-refractivity contribution in [3.63, 3.8) is 0 Å². The van der Waals surface area contributed by atoms with Gasteiger partial charge in [-0.2, -0.15) is 0 Å². The lowest BCUT2D eigenvalue weighted by Crippen LogP contribution is -2.10. The number of hydrogen-bond donors (Lipinski definition) is 1. The van der Waals surface area contributed by atoms with E-state index >= 15 is 0 Å². The van der Waals surface area contributed by atoms with E-state index in [9.17, 15) is 9.90 Å². The molecule has 1 aromatic rings. The second-order valence-corrected chi connectivity index (χ2v) is 3.66. The van der Waals surface area contributed by atoms with Gasteiger partial charge in [0.2, 0.25) is 0 Å². The largest absolute Gasteiger partial charge is 0.507 e. The monoisotopic (exact) mass is 198 g/mol. The molecular formula is C10H11ClO2. The minimum absolute atomic E-state index is 0.0110. The van der Waals surface area contributed by atoms with Gasteiger partial charge in [-0.05, 0) is 26.0 Å². The lowest BCUT2D eigenvalue weighted by molar-refractivity contribution is 0.0989. The molecule has 3 heteroatoms. The molecule has 1 unspecified atom stereocenters. The Morgan fingerprint density at radius 3 is 2.69 bits per heavy atom. The third kappa shape index (κ3) is 2.22. The van der Waals surface area contributed by atoms with Gasteiger partial charge in [0.25, 0.3) is 0 Å². The normalized spacial score (nSPS) is 12.5. The molecular weight excluding hydrogens is 188 g/mol. The Balaban J connectivity index is 3.13. The van der Waals surface area contributed by atoms with Crippen molar-refractivity contribution >= 4 is 17.4 Å². The first-order valence-electron chi connectivity index (χ1n) is 4.00. The lowest BCUT2D eigenvalue weighted by atomic mass is 10.1. The first-order valence-corrected chi connectivity index (χ1v) is 4.44. The van der Waals surface area contributed by atoms with E-state index in [1.165, 1.54) is 6.07 Å². The molecule has 0 aliphatic carbocycles. The van der Waals surface area contributed by atoms with Crippen LogP contribution in [0.2, 0.25) is 0 Å². The highest BCUT2D eigenvalue weighted by Gasteiger charge is 2.15. The predicted octanol–water partition coefficient (Wildman–Crippen LogP) is 2.51. The maximum atomic E-state index is 11.4. The zero-order valence-corrected chi connectivity index (χ0v) is 8.30. The summed E-state index contributed by atoms with van der Waals surface area (Å²) < 4.78 is 0. The van der Waals surface area contributed by atoms with E-state index in [0.717, 1.165) is 5.56 Å². The molecule has 2 nitrogen and oxygen atoms in total. The summed E-state index contributed by atoms with van der Waals surface area (Å²) in [5.74, 6) is -0.258. The van der Waals surface area contributed by atoms with E-state index in [1.807, 2.05) is 6.92 Å². The molecule has 0 heterocycles. The molecule has 1 aromatic carbocycles. The van der Waals surface area contributed by atoms with Crippen LogP contribution in [-0.2, 0) is 0 Å². The molecule has 0 fully saturated rings. The highest BCUT2D eigenvalue weighted by atomic mass is 35.5. The molecule has 0 aliphatic heterocycles. The molecule has 0 spiro atoms. The number of Topliss-reactive ketones (excluding diaryl/α,β-unsaturated/α-hetero) is 1. The number of halogens is 1. The SMILES string of the molecule is Cc1ccc(O)c(C(=O)C(C)Cl)c1. The summed E-state index contributed by atoms with van der Waals surface area (Å²) >= 11 is 5.63. The van der Waals surface area contributed by atoms with Gasteiger partial charge in [0.05, 0.1) is 10.9 Å². The first-order chi connectivity index (χ1) is 6.02. The number of benzene rings is 1. The second kappa shape index (κ2) is 3.79. The number of aromatic hydroxyl groups is 1. The molecule has 0 amide bonds. The van der Waals surface area contributed by atoms with Gasteiger partial charge < -0.3 is 5.11 Å². The van der Waals surface area contributed by atoms with E-state index in [0.29, 0.717) is 5.56 Å². The second-order valence-electron chi connectivity index (χ2n) is 3.00. The summed E-state index contributed by atoms with van der Waals surface area (Å²) in [5, 5.41) is 8.77. The van der Waals surface area contributed by atoms with E-state index in [-0.39, 0.29) is 11.5 Å². The van der Waals surface area contributed by atoms with Crippen molar-refractivity contribution in [3.05, 3.63) is 29.3 Å². The third-order valence-electron chi connectivity index (χ3n) is 1.78. The Morgan fingerprint density at radius 1 is 1.54 bits per heavy atom. The molecule has 1 atom stereocenters. The van der Waals surface area contributed by atoms with Gasteiger partial charge >= 0.3 is 0 Å². The highest BCUT2D eigenvalue weighted by molar-refractivity contribution is 6.33. The topological polar surface area (TPSA) is 37.3 Å². The van der Waals surface area contributed by atoms with Crippen LogP contribution < -0.4 is 0 Å². The highest BCUT2D eigenvalue weighted by Crippen LogP contribution is 2.21. The Labute approximate surface area is 82.2 Å². The molecule has 13 heavy (non-hydrogen) atoms. The van der Waals surface area contributed by atoms with Gasteiger partial charge in [-0.15, -0.1) is 11.6 Å². The standard InChI is InChI=1S/C10H11ClO2/c1-6-3-4-9(12)8(5-6)10(13)7(2)11/h3-5,7,12H,1-2H3. The molecule has 0 bridgehead atoms. The fourth-order valence-electron chi connectivity index (χ4n) is 1.06. The maximum absolute atomic E-state index is 11.4. The average molecular weight is 199 g/mol. The van der Waals surface area contributed by atoms with Crippen molar-refractivity contribution in [2.75, 3.05) is 0 Å². The number of rotatable bonds is 2. The zero-order valence-electron chi connectivity index (χ0n) is 7.54. The number of carbonyl (C=O) groups is 1. The minimum atomic E-state index is -0.604. The Morgan fingerprint density at radius 2 is 2.15 bits per heavy atom. The van der Waals surface area contributed by atoms with Crippen LogP contribution in [0.25, 0.3) is 0 Å². The van der Waals surface area contributed by atoms with Crippen LogP contribution in [0.4, 0.5) is 0 Å². The van der Waals surface area contributed by atoms with E-state index < -0.39 is 5.38 Å². The molecule has 0 saturated carbocycles. The quantitative estimate of drug-likeness (QED) is 0.586. The number of phenols is 1. The number of ketones is 1. The van der Waals surface area contributed by atoms with Crippen LogP contribution in [0.15, 0.2) is 18.2 Å². The van der Waals surface area contributed by atoms with E-state index in [2.05, 4.69) is 0 Å². The zero-order chi connectivity index (χ0) is 10.0. The summed E-state index contributed by atoms with van der Waals surface area (Å²) in [6.07, 6.45) is 0. The Hall–Kier alpha value is -1.02. The fraction of sp³-hybridized carbons (Fsp3) is 0.300. The van der Waals surface area contributed by atoms with Gasteiger partial charge in [-0.1, -0.05) is 11.6 Å². The van der Waals surface area contributed by atoms with Crippen LogP contribution in [0.1, 0.15) is 22.8 Å². The summed E-state index contributed by atoms with van der Waals surface area (Å²) in [6, 6.07) is 4.88. The van der Waals surface area contributed by atoms with Gasteiger partial charge in [-0.25, -0.2) is 0 Å². The number of phenolic OH excluding ortho intramolecular Hbond substituents is 1. The lowest BCUT2D eigenvalue weighted by Gasteiger charge is -2.05. The Bertz CT molecular complexity index is 332. The fourth-order valence-corrected chi connectivity index (χ4v) is 1.18. The minimum Gasteiger partial charge on any atom is -0.507 e. The number of carbonyl (C=O) groups excluding carboxylic acids is 1. The number of alkyl halides is 1. The van der Waals surface area contributed by atoms with E-state index in [4.69, 9.17) is 11.6 Å². The van der Waals surface area contributed by atoms with Crippen molar-refractivity contribution in [2.45, 2.75) is 19.2 Å². The van der Waals surface area contributed by atoms with Crippen LogP contribution in [-0.4, -0.2) is 16.3 Å².